The van der Waals surface area contributed by atoms with E-state index in [4.69, 9.17) is 9.52 Å². The van der Waals surface area contributed by atoms with Gasteiger partial charge in [0.1, 0.15) is 5.76 Å². The number of rotatable bonds is 3. The van der Waals surface area contributed by atoms with Crippen molar-refractivity contribution in [3.63, 3.8) is 0 Å². The van der Waals surface area contributed by atoms with Crippen LogP contribution in [0.15, 0.2) is 38.9 Å². The molecule has 0 saturated carbocycles. The Morgan fingerprint density at radius 1 is 1.35 bits per heavy atom. The maximum absolute atomic E-state index is 11.2. The minimum Gasteiger partial charge on any atom is -0.475 e. The van der Waals surface area contributed by atoms with Gasteiger partial charge in [-0.2, -0.15) is 0 Å². The lowest BCUT2D eigenvalue weighted by atomic mass is 10.3. The second kappa shape index (κ2) is 4.80. The van der Waals surface area contributed by atoms with Gasteiger partial charge in [0.05, 0.1) is 0 Å². The lowest BCUT2D eigenvalue weighted by Crippen LogP contribution is -2.05. The minimum absolute atomic E-state index is 0.225. The van der Waals surface area contributed by atoms with Gasteiger partial charge >= 0.3 is 5.97 Å². The zero-order chi connectivity index (χ0) is 12.3. The van der Waals surface area contributed by atoms with Crippen LogP contribution in [-0.4, -0.2) is 11.1 Å². The molecule has 17 heavy (non-hydrogen) atoms. The van der Waals surface area contributed by atoms with Crippen molar-refractivity contribution in [3.8, 4) is 0 Å². The number of hydrogen-bond acceptors (Lipinski definition) is 4. The quantitative estimate of drug-likeness (QED) is 0.906. The van der Waals surface area contributed by atoms with E-state index >= 15 is 0 Å². The van der Waals surface area contributed by atoms with Gasteiger partial charge in [0.25, 0.3) is 0 Å². The van der Waals surface area contributed by atoms with Crippen molar-refractivity contribution < 1.29 is 14.3 Å². The topological polar surface area (TPSA) is 67.5 Å². The van der Waals surface area contributed by atoms with Crippen molar-refractivity contribution >= 4 is 29.5 Å². The number of carboxylic acid groups (broad SMARTS) is 1. The summed E-state index contributed by atoms with van der Waals surface area (Å²) in [5.74, 6) is -1.39. The molecule has 0 fully saturated rings. The smallest absolute Gasteiger partial charge is 0.371 e. The monoisotopic (exact) mass is 248 g/mol. The summed E-state index contributed by atoms with van der Waals surface area (Å²) >= 11 is 1.53. The second-order valence-electron chi connectivity index (χ2n) is 3.21. The molecule has 5 heteroatoms. The van der Waals surface area contributed by atoms with Crippen LogP contribution in [0.25, 0.3) is 12.2 Å². The van der Waals surface area contributed by atoms with Crippen molar-refractivity contribution in [3.05, 3.63) is 56.3 Å². The van der Waals surface area contributed by atoms with Crippen LogP contribution in [0.3, 0.4) is 0 Å². The Bertz CT molecular complexity index is 608. The Morgan fingerprint density at radius 3 is 2.82 bits per heavy atom. The number of thiophene rings is 1. The zero-order valence-corrected chi connectivity index (χ0v) is 9.44. The summed E-state index contributed by atoms with van der Waals surface area (Å²) in [4.78, 5) is 22.9. The average molecular weight is 248 g/mol. The predicted octanol–water partition coefficient (Wildman–Crippen LogP) is 2.57. The summed E-state index contributed by atoms with van der Waals surface area (Å²) in [5, 5.41) is 10.7. The van der Waals surface area contributed by atoms with Gasteiger partial charge in [-0.05, 0) is 23.6 Å². The van der Waals surface area contributed by atoms with Crippen molar-refractivity contribution in [1.82, 2.24) is 0 Å². The van der Waals surface area contributed by atoms with Crippen LogP contribution >= 0.6 is 11.3 Å². The van der Waals surface area contributed by atoms with Gasteiger partial charge in [-0.15, -0.1) is 11.3 Å². The van der Waals surface area contributed by atoms with Crippen molar-refractivity contribution in [2.24, 2.45) is 0 Å². The summed E-state index contributed by atoms with van der Waals surface area (Å²) < 4.78 is 5.04. The molecule has 0 unspecified atom stereocenters. The highest BCUT2D eigenvalue weighted by Gasteiger charge is 2.07. The molecule has 0 aliphatic rings. The SMILES string of the molecule is O=C(O)c1cc(=O)cc(/C=C/c2cccs2)o1. The third kappa shape index (κ3) is 2.92. The molecule has 2 aromatic rings. The molecule has 2 rings (SSSR count). The molecule has 0 bridgehead atoms. The Hall–Kier alpha value is -2.14. The van der Waals surface area contributed by atoms with Gasteiger partial charge in [-0.1, -0.05) is 6.07 Å². The van der Waals surface area contributed by atoms with E-state index in [1.54, 1.807) is 12.2 Å². The van der Waals surface area contributed by atoms with Crippen LogP contribution in [0.4, 0.5) is 0 Å². The van der Waals surface area contributed by atoms with Crippen LogP contribution in [0.5, 0.6) is 0 Å². The third-order valence-electron chi connectivity index (χ3n) is 1.95. The highest BCUT2D eigenvalue weighted by Crippen LogP contribution is 2.13. The highest BCUT2D eigenvalue weighted by molar-refractivity contribution is 7.10. The van der Waals surface area contributed by atoms with Gasteiger partial charge in [-0.3, -0.25) is 4.79 Å². The molecule has 0 radical (unpaired) electrons. The van der Waals surface area contributed by atoms with E-state index in [0.29, 0.717) is 0 Å². The standard InChI is InChI=1S/C12H8O4S/c13-8-6-9(16-11(7-8)12(14)15)3-4-10-2-1-5-17-10/h1-7H,(H,14,15)/b4-3+. The lowest BCUT2D eigenvalue weighted by molar-refractivity contribution is 0.0659. The van der Waals surface area contributed by atoms with Crippen molar-refractivity contribution in [1.29, 1.82) is 0 Å². The first-order valence-electron chi connectivity index (χ1n) is 4.75. The van der Waals surface area contributed by atoms with Crippen LogP contribution < -0.4 is 5.43 Å². The van der Waals surface area contributed by atoms with Crippen LogP contribution in [-0.2, 0) is 0 Å². The molecule has 4 nitrogen and oxygen atoms in total. The number of aromatic carboxylic acids is 1. The largest absolute Gasteiger partial charge is 0.475 e. The molecule has 0 spiro atoms. The zero-order valence-electron chi connectivity index (χ0n) is 8.62. The van der Waals surface area contributed by atoms with Crippen LogP contribution in [0.2, 0.25) is 0 Å². The first-order chi connectivity index (χ1) is 8.15. The molecule has 0 atom stereocenters. The summed E-state index contributed by atoms with van der Waals surface area (Å²) in [5.41, 5.74) is -0.389. The van der Waals surface area contributed by atoms with E-state index in [2.05, 4.69) is 0 Å². The summed E-state index contributed by atoms with van der Waals surface area (Å²) in [6, 6.07) is 6.00. The lowest BCUT2D eigenvalue weighted by Gasteiger charge is -1.95. The van der Waals surface area contributed by atoms with Gasteiger partial charge in [0, 0.05) is 17.0 Å². The minimum atomic E-state index is -1.26. The summed E-state index contributed by atoms with van der Waals surface area (Å²) in [7, 11) is 0. The van der Waals surface area contributed by atoms with Crippen molar-refractivity contribution in [2.45, 2.75) is 0 Å². The highest BCUT2D eigenvalue weighted by atomic mass is 32.1. The van der Waals surface area contributed by atoms with E-state index in [1.165, 1.54) is 17.4 Å². The molecule has 1 N–H and O–H groups in total. The van der Waals surface area contributed by atoms with E-state index in [1.807, 2.05) is 17.5 Å². The molecule has 2 heterocycles. The number of carbonyl (C=O) groups is 1. The van der Waals surface area contributed by atoms with E-state index in [-0.39, 0.29) is 16.9 Å². The Labute approximate surface area is 100 Å². The first-order valence-corrected chi connectivity index (χ1v) is 5.63. The van der Waals surface area contributed by atoms with Gasteiger partial charge in [-0.25, -0.2) is 4.79 Å². The molecule has 2 aromatic heterocycles. The summed E-state index contributed by atoms with van der Waals surface area (Å²) in [6.07, 6.45) is 3.33. The molecular weight excluding hydrogens is 240 g/mol. The fraction of sp³-hybridized carbons (Fsp3) is 0. The Kier molecular flexibility index (Phi) is 3.20. The molecular formula is C12H8O4S. The van der Waals surface area contributed by atoms with E-state index in [0.717, 1.165) is 10.9 Å². The average Bonchev–Trinajstić information content (AvgIpc) is 2.78. The second-order valence-corrected chi connectivity index (χ2v) is 4.19. The van der Waals surface area contributed by atoms with Gasteiger partial charge < -0.3 is 9.52 Å². The fourth-order valence-corrected chi connectivity index (χ4v) is 1.85. The normalized spacial score (nSPS) is 10.8. The van der Waals surface area contributed by atoms with Crippen molar-refractivity contribution in [2.75, 3.05) is 0 Å². The van der Waals surface area contributed by atoms with Gasteiger partial charge in [0.15, 0.2) is 5.43 Å². The molecule has 0 saturated heterocycles. The third-order valence-corrected chi connectivity index (χ3v) is 2.79. The molecule has 86 valence electrons. The predicted molar refractivity (Wildman–Crippen MR) is 65.2 cm³/mol. The fourth-order valence-electron chi connectivity index (χ4n) is 1.23. The Balaban J connectivity index is 2.33. The summed E-state index contributed by atoms with van der Waals surface area (Å²) in [6.45, 7) is 0. The number of hydrogen-bond donors (Lipinski definition) is 1. The van der Waals surface area contributed by atoms with Gasteiger partial charge in [0.2, 0.25) is 5.76 Å². The van der Waals surface area contributed by atoms with Crippen LogP contribution in [0.1, 0.15) is 21.2 Å². The molecule has 0 aromatic carbocycles. The Morgan fingerprint density at radius 2 is 2.18 bits per heavy atom. The first kappa shape index (κ1) is 11.3. The molecule has 0 amide bonds. The molecule has 0 aliphatic carbocycles. The maximum Gasteiger partial charge on any atom is 0.371 e. The maximum atomic E-state index is 11.2. The van der Waals surface area contributed by atoms with Crippen LogP contribution in [0, 0.1) is 0 Å². The van der Waals surface area contributed by atoms with E-state index in [9.17, 15) is 9.59 Å². The van der Waals surface area contributed by atoms with E-state index < -0.39 is 5.97 Å². The number of carboxylic acids is 1. The molecule has 0 aliphatic heterocycles.